The van der Waals surface area contributed by atoms with Gasteiger partial charge in [0.2, 0.25) is 0 Å². The highest BCUT2D eigenvalue weighted by atomic mass is 19.1. The van der Waals surface area contributed by atoms with E-state index < -0.39 is 0 Å². The molecule has 0 heterocycles. The van der Waals surface area contributed by atoms with Crippen LogP contribution in [0.15, 0.2) is 60.7 Å². The van der Waals surface area contributed by atoms with Gasteiger partial charge in [0.1, 0.15) is 0 Å². The highest BCUT2D eigenvalue weighted by molar-refractivity contribution is 5.85. The van der Waals surface area contributed by atoms with Gasteiger partial charge in [0, 0.05) is 17.8 Å². The molecule has 3 rings (SSSR count). The third kappa shape index (κ3) is 2.82. The van der Waals surface area contributed by atoms with Gasteiger partial charge >= 0.3 is 0 Å². The fraction of sp³-hybridized carbons (Fsp3) is 0.111. The molecule has 0 spiro atoms. The van der Waals surface area contributed by atoms with Crippen molar-refractivity contribution < 1.29 is 9.13 Å². The smallest absolute Gasteiger partial charge is 0.170 e. The van der Waals surface area contributed by atoms with Gasteiger partial charge in [-0.3, -0.25) is 0 Å². The van der Waals surface area contributed by atoms with Crippen LogP contribution in [0.2, 0.25) is 0 Å². The Balaban J connectivity index is 1.80. The topological polar surface area (TPSA) is 21.3 Å². The Morgan fingerprint density at radius 2 is 1.76 bits per heavy atom. The van der Waals surface area contributed by atoms with Gasteiger partial charge in [-0.2, -0.15) is 0 Å². The first-order valence-electron chi connectivity index (χ1n) is 6.82. The normalized spacial score (nSPS) is 10.6. The maximum Gasteiger partial charge on any atom is 0.170 e. The van der Waals surface area contributed by atoms with E-state index in [1.807, 2.05) is 18.2 Å². The molecule has 21 heavy (non-hydrogen) atoms. The second-order valence-electron chi connectivity index (χ2n) is 4.85. The zero-order chi connectivity index (χ0) is 14.7. The molecule has 2 nitrogen and oxygen atoms in total. The van der Waals surface area contributed by atoms with Gasteiger partial charge in [-0.05, 0) is 29.0 Å². The minimum absolute atomic E-state index is 0.271. The molecule has 0 aliphatic heterocycles. The molecule has 3 heteroatoms. The number of hydrogen-bond acceptors (Lipinski definition) is 2. The molecule has 0 aromatic heterocycles. The fourth-order valence-corrected chi connectivity index (χ4v) is 2.35. The summed E-state index contributed by atoms with van der Waals surface area (Å²) < 4.78 is 19.1. The van der Waals surface area contributed by atoms with E-state index in [1.165, 1.54) is 12.5 Å². The summed E-state index contributed by atoms with van der Waals surface area (Å²) in [5, 5.41) is 5.60. The van der Waals surface area contributed by atoms with Crippen LogP contribution in [0, 0.1) is 5.82 Å². The summed E-state index contributed by atoms with van der Waals surface area (Å²) in [6.45, 7) is 0.418. The van der Waals surface area contributed by atoms with Crippen LogP contribution in [0.25, 0.3) is 10.8 Å². The molecule has 3 aromatic carbocycles. The van der Waals surface area contributed by atoms with E-state index in [4.69, 9.17) is 4.74 Å². The SMILES string of the molecule is COc1cccc(CNc2ccc3ccccc3c2)c1F. The van der Waals surface area contributed by atoms with Gasteiger partial charge in [-0.1, -0.05) is 42.5 Å². The van der Waals surface area contributed by atoms with Crippen molar-refractivity contribution in [2.45, 2.75) is 6.54 Å². The van der Waals surface area contributed by atoms with Crippen LogP contribution in [0.5, 0.6) is 5.75 Å². The van der Waals surface area contributed by atoms with E-state index in [-0.39, 0.29) is 11.6 Å². The Morgan fingerprint density at radius 3 is 2.57 bits per heavy atom. The van der Waals surface area contributed by atoms with Crippen LogP contribution in [0.3, 0.4) is 0 Å². The highest BCUT2D eigenvalue weighted by Crippen LogP contribution is 2.22. The number of halogens is 1. The molecule has 0 unspecified atom stereocenters. The molecule has 106 valence electrons. The minimum Gasteiger partial charge on any atom is -0.494 e. The molecule has 0 amide bonds. The number of ether oxygens (including phenoxy) is 1. The van der Waals surface area contributed by atoms with Crippen molar-refractivity contribution in [3.63, 3.8) is 0 Å². The largest absolute Gasteiger partial charge is 0.494 e. The molecule has 0 radical (unpaired) electrons. The number of benzene rings is 3. The highest BCUT2D eigenvalue weighted by Gasteiger charge is 2.07. The second kappa shape index (κ2) is 5.83. The molecule has 3 aromatic rings. The maximum atomic E-state index is 14.1. The summed E-state index contributed by atoms with van der Waals surface area (Å²) in [6, 6.07) is 19.4. The number of fused-ring (bicyclic) bond motifs is 1. The molecule has 1 N–H and O–H groups in total. The quantitative estimate of drug-likeness (QED) is 0.754. The van der Waals surface area contributed by atoms with Crippen LogP contribution in [0.4, 0.5) is 10.1 Å². The van der Waals surface area contributed by atoms with Crippen molar-refractivity contribution in [1.82, 2.24) is 0 Å². The minimum atomic E-state index is -0.312. The van der Waals surface area contributed by atoms with Gasteiger partial charge in [0.05, 0.1) is 7.11 Å². The van der Waals surface area contributed by atoms with E-state index in [2.05, 4.69) is 29.6 Å². The number of rotatable bonds is 4. The van der Waals surface area contributed by atoms with E-state index >= 15 is 0 Å². The van der Waals surface area contributed by atoms with Crippen LogP contribution in [-0.4, -0.2) is 7.11 Å². The molecule has 0 atom stereocenters. The second-order valence-corrected chi connectivity index (χ2v) is 4.85. The monoisotopic (exact) mass is 281 g/mol. The summed E-state index contributed by atoms with van der Waals surface area (Å²) in [6.07, 6.45) is 0. The lowest BCUT2D eigenvalue weighted by atomic mass is 10.1. The first kappa shape index (κ1) is 13.4. The van der Waals surface area contributed by atoms with Crippen molar-refractivity contribution in [1.29, 1.82) is 0 Å². The van der Waals surface area contributed by atoms with Crippen molar-refractivity contribution in [2.24, 2.45) is 0 Å². The van der Waals surface area contributed by atoms with Crippen LogP contribution >= 0.6 is 0 Å². The molecular formula is C18H16FNO. The average Bonchev–Trinajstić information content (AvgIpc) is 2.54. The molecule has 0 aliphatic carbocycles. The Kier molecular flexibility index (Phi) is 3.73. The van der Waals surface area contributed by atoms with Gasteiger partial charge in [0.15, 0.2) is 11.6 Å². The fourth-order valence-electron chi connectivity index (χ4n) is 2.35. The molecule has 0 saturated heterocycles. The predicted octanol–water partition coefficient (Wildman–Crippen LogP) is 4.60. The average molecular weight is 281 g/mol. The van der Waals surface area contributed by atoms with Crippen LogP contribution in [0.1, 0.15) is 5.56 Å². The van der Waals surface area contributed by atoms with Gasteiger partial charge in [0.25, 0.3) is 0 Å². The lowest BCUT2D eigenvalue weighted by Crippen LogP contribution is -2.03. The summed E-state index contributed by atoms with van der Waals surface area (Å²) in [4.78, 5) is 0. The van der Waals surface area contributed by atoms with Crippen molar-refractivity contribution >= 4 is 16.5 Å². The number of anilines is 1. The molecule has 0 bridgehead atoms. The standard InChI is InChI=1S/C18H16FNO/c1-21-17-8-4-7-15(18(17)19)12-20-16-10-9-13-5-2-3-6-14(13)11-16/h2-11,20H,12H2,1H3. The molecule has 0 saturated carbocycles. The molecular weight excluding hydrogens is 265 g/mol. The number of nitrogens with one attached hydrogen (secondary N) is 1. The summed E-state index contributed by atoms with van der Waals surface area (Å²) in [7, 11) is 1.47. The molecule has 0 fully saturated rings. The summed E-state index contributed by atoms with van der Waals surface area (Å²) in [5.41, 5.74) is 1.55. The molecule has 0 aliphatic rings. The zero-order valence-electron chi connectivity index (χ0n) is 11.8. The maximum absolute atomic E-state index is 14.1. The first-order chi connectivity index (χ1) is 10.3. The Hall–Kier alpha value is -2.55. The van der Waals surface area contributed by atoms with E-state index in [1.54, 1.807) is 18.2 Å². The third-order valence-electron chi connectivity index (χ3n) is 3.50. The van der Waals surface area contributed by atoms with Gasteiger partial charge in [-0.15, -0.1) is 0 Å². The van der Waals surface area contributed by atoms with Crippen molar-refractivity contribution in [3.8, 4) is 5.75 Å². The Labute approximate surface area is 123 Å². The van der Waals surface area contributed by atoms with Gasteiger partial charge in [-0.25, -0.2) is 4.39 Å². The first-order valence-corrected chi connectivity index (χ1v) is 6.82. The lowest BCUT2D eigenvalue weighted by molar-refractivity contribution is 0.384. The predicted molar refractivity (Wildman–Crippen MR) is 84.2 cm³/mol. The lowest BCUT2D eigenvalue weighted by Gasteiger charge is -2.10. The van der Waals surface area contributed by atoms with Crippen LogP contribution in [-0.2, 0) is 6.54 Å². The number of methoxy groups -OCH3 is 1. The Morgan fingerprint density at radius 1 is 0.952 bits per heavy atom. The Bertz CT molecular complexity index is 770. The van der Waals surface area contributed by atoms with E-state index in [9.17, 15) is 4.39 Å². The summed E-state index contributed by atoms with van der Waals surface area (Å²) >= 11 is 0. The zero-order valence-corrected chi connectivity index (χ0v) is 11.8. The van der Waals surface area contributed by atoms with Gasteiger partial charge < -0.3 is 10.1 Å². The van der Waals surface area contributed by atoms with Crippen molar-refractivity contribution in [2.75, 3.05) is 12.4 Å². The number of hydrogen-bond donors (Lipinski definition) is 1. The van der Waals surface area contributed by atoms with E-state index in [0.29, 0.717) is 12.1 Å². The van der Waals surface area contributed by atoms with Crippen LogP contribution < -0.4 is 10.1 Å². The van der Waals surface area contributed by atoms with E-state index in [0.717, 1.165) is 11.1 Å². The third-order valence-corrected chi connectivity index (χ3v) is 3.50. The summed E-state index contributed by atoms with van der Waals surface area (Å²) in [5.74, 6) is -0.0406. The van der Waals surface area contributed by atoms with Crippen molar-refractivity contribution in [3.05, 3.63) is 72.0 Å².